The zero-order valence-electron chi connectivity index (χ0n) is 28.7. The van der Waals surface area contributed by atoms with Crippen LogP contribution < -0.4 is 0 Å². The summed E-state index contributed by atoms with van der Waals surface area (Å²) in [7, 11) is 0. The molecule has 0 aliphatic rings. The first-order chi connectivity index (χ1) is 19.2. The van der Waals surface area contributed by atoms with Crippen molar-refractivity contribution in [2.45, 2.75) is 134 Å². The van der Waals surface area contributed by atoms with Gasteiger partial charge in [0.05, 0.1) is 0 Å². The molecule has 0 heterocycles. The van der Waals surface area contributed by atoms with Gasteiger partial charge in [-0.2, -0.15) is 0 Å². The summed E-state index contributed by atoms with van der Waals surface area (Å²) in [5, 5.41) is 33.0. The normalized spacial score (nSPS) is 11.2. The molecule has 0 aromatic carbocycles. The van der Waals surface area contributed by atoms with Gasteiger partial charge in [0, 0.05) is 25.7 Å². The average Bonchev–Trinajstić information content (AvgIpc) is 2.60. The largest absolute Gasteiger partial charge is 0.481 e. The van der Waals surface area contributed by atoms with Gasteiger partial charge in [0.25, 0.3) is 0 Å². The summed E-state index contributed by atoms with van der Waals surface area (Å²) in [6, 6.07) is 0. The lowest BCUT2D eigenvalue weighted by atomic mass is 9.89. The molecule has 0 radical (unpaired) electrons. The molecule has 0 bridgehead atoms. The molecule has 0 spiro atoms. The second kappa shape index (κ2) is 21.3. The number of aliphatic carboxylic acids is 4. The Hall–Kier alpha value is -3.44. The van der Waals surface area contributed by atoms with E-state index in [1.165, 1.54) is 0 Å². The van der Waals surface area contributed by atoms with Crippen molar-refractivity contribution < 1.29 is 58.8 Å². The van der Waals surface area contributed by atoms with Crippen molar-refractivity contribution in [3.8, 4) is 0 Å². The number of carboxylic acids is 4. The Morgan fingerprint density at radius 1 is 0.318 bits per heavy atom. The number of carbonyl (C=O) groups excluding carboxylic acids is 4. The Bertz CT molecular complexity index is 819. The van der Waals surface area contributed by atoms with Crippen LogP contribution >= 0.6 is 0 Å². The van der Waals surface area contributed by atoms with Crippen LogP contribution in [0.4, 0.5) is 0 Å². The van der Waals surface area contributed by atoms with Crippen molar-refractivity contribution in [1.29, 1.82) is 0 Å². The number of Topliss-reactive ketones (excluding diaryl/α,β-unsaturated/α-hetero) is 4. The minimum atomic E-state index is -1.04. The highest BCUT2D eigenvalue weighted by Gasteiger charge is 2.20. The van der Waals surface area contributed by atoms with Gasteiger partial charge in [0.2, 0.25) is 0 Å². The van der Waals surface area contributed by atoms with Gasteiger partial charge in [-0.05, 0) is 21.7 Å². The number of ketones is 4. The van der Waals surface area contributed by atoms with E-state index in [0.29, 0.717) is 25.7 Å². The summed E-state index contributed by atoms with van der Waals surface area (Å²) < 4.78 is 0. The third-order valence-corrected chi connectivity index (χ3v) is 4.30. The predicted molar refractivity (Wildman–Crippen MR) is 165 cm³/mol. The van der Waals surface area contributed by atoms with Gasteiger partial charge < -0.3 is 20.4 Å². The van der Waals surface area contributed by atoms with Gasteiger partial charge in [0.15, 0.2) is 0 Å². The summed E-state index contributed by atoms with van der Waals surface area (Å²) in [5.74, 6) is -4.98. The second-order valence-electron chi connectivity index (χ2n) is 15.4. The topological polar surface area (TPSA) is 217 Å². The molecule has 44 heavy (non-hydrogen) atoms. The highest BCUT2D eigenvalue weighted by Crippen LogP contribution is 2.21. The molecule has 0 saturated heterocycles. The van der Waals surface area contributed by atoms with Crippen LogP contribution in [-0.2, 0) is 38.4 Å². The van der Waals surface area contributed by atoms with Crippen LogP contribution in [0, 0.1) is 21.7 Å². The maximum atomic E-state index is 10.9. The average molecular weight is 633 g/mol. The van der Waals surface area contributed by atoms with E-state index in [1.54, 1.807) is 0 Å². The Kier molecular flexibility index (Phi) is 23.0. The van der Waals surface area contributed by atoms with Crippen LogP contribution in [0.1, 0.15) is 134 Å². The first-order valence-electron chi connectivity index (χ1n) is 14.2. The molecule has 12 nitrogen and oxygen atoms in total. The van der Waals surface area contributed by atoms with Crippen LogP contribution in [-0.4, -0.2) is 67.4 Å². The van der Waals surface area contributed by atoms with Crippen LogP contribution in [0.3, 0.4) is 0 Å². The van der Waals surface area contributed by atoms with Crippen LogP contribution in [0.5, 0.6) is 0 Å². The summed E-state index contributed by atoms with van der Waals surface area (Å²) in [5.41, 5.74) is -0.419. The molecule has 0 fully saturated rings. The van der Waals surface area contributed by atoms with Crippen molar-refractivity contribution in [2.24, 2.45) is 21.7 Å². The zero-order valence-corrected chi connectivity index (χ0v) is 28.7. The molecule has 0 aromatic rings. The molecule has 4 N–H and O–H groups in total. The molecule has 0 unspecified atom stereocenters. The summed E-state index contributed by atoms with van der Waals surface area (Å²) >= 11 is 0. The molecule has 0 aliphatic carbocycles. The molecule has 0 saturated carbocycles. The van der Waals surface area contributed by atoms with Crippen LogP contribution in [0.2, 0.25) is 0 Å². The number of hydrogen-bond donors (Lipinski definition) is 4. The lowest BCUT2D eigenvalue weighted by molar-refractivity contribution is -0.142. The number of hydrogen-bond acceptors (Lipinski definition) is 8. The quantitative estimate of drug-likeness (QED) is 0.186. The van der Waals surface area contributed by atoms with Crippen molar-refractivity contribution in [1.82, 2.24) is 0 Å². The predicted octanol–water partition coefficient (Wildman–Crippen LogP) is 5.87. The highest BCUT2D eigenvalue weighted by atomic mass is 16.4. The van der Waals surface area contributed by atoms with Gasteiger partial charge in [0.1, 0.15) is 48.8 Å². The Labute approximate surface area is 262 Å². The van der Waals surface area contributed by atoms with E-state index >= 15 is 0 Å². The van der Waals surface area contributed by atoms with E-state index in [1.807, 2.05) is 83.1 Å². The molecule has 0 aliphatic heterocycles. The van der Waals surface area contributed by atoms with E-state index < -0.39 is 23.9 Å². The summed E-state index contributed by atoms with van der Waals surface area (Å²) in [4.78, 5) is 83.9. The van der Waals surface area contributed by atoms with Crippen LogP contribution in [0.15, 0.2) is 0 Å². The van der Waals surface area contributed by atoms with E-state index in [-0.39, 0.29) is 70.5 Å². The number of carboxylic acid groups (broad SMARTS) is 4. The summed E-state index contributed by atoms with van der Waals surface area (Å²) in [6.07, 6.45) is -0.0692. The monoisotopic (exact) mass is 632 g/mol. The maximum Gasteiger partial charge on any atom is 0.310 e. The number of rotatable bonds is 12. The van der Waals surface area contributed by atoms with Gasteiger partial charge in [-0.25, -0.2) is 0 Å². The first kappa shape index (κ1) is 47.5. The SMILES string of the molecule is CC(C)(C)CC(=O)CC(=O)O.CC(C)(C)CC(=O)CC(=O)O.CC(C)(C)CC(=O)CC(=O)O.CC(C)(C)CC(=O)CC(=O)O. The summed E-state index contributed by atoms with van der Waals surface area (Å²) in [6.45, 7) is 22.9. The van der Waals surface area contributed by atoms with E-state index in [2.05, 4.69) is 0 Å². The number of carbonyl (C=O) groups is 8. The zero-order chi connectivity index (χ0) is 36.3. The molecule has 0 atom stereocenters. The minimum absolute atomic E-state index is 0.105. The first-order valence-corrected chi connectivity index (χ1v) is 14.2. The smallest absolute Gasteiger partial charge is 0.310 e. The van der Waals surface area contributed by atoms with E-state index in [9.17, 15) is 38.4 Å². The fourth-order valence-corrected chi connectivity index (χ4v) is 3.29. The third kappa shape index (κ3) is 51.3. The Morgan fingerprint density at radius 2 is 0.432 bits per heavy atom. The third-order valence-electron chi connectivity index (χ3n) is 4.30. The van der Waals surface area contributed by atoms with Gasteiger partial charge in [-0.1, -0.05) is 83.1 Å². The van der Waals surface area contributed by atoms with Gasteiger partial charge in [-0.3, -0.25) is 38.4 Å². The van der Waals surface area contributed by atoms with Crippen molar-refractivity contribution in [2.75, 3.05) is 0 Å². The van der Waals surface area contributed by atoms with Gasteiger partial charge >= 0.3 is 23.9 Å². The second-order valence-corrected chi connectivity index (χ2v) is 15.4. The van der Waals surface area contributed by atoms with Crippen LogP contribution in [0.25, 0.3) is 0 Å². The molecular formula is C32H56O12. The standard InChI is InChI=1S/4C8H14O3/c4*1-8(2,3)5-6(9)4-7(10)11/h4*4-5H2,1-3H3,(H,10,11). The molecule has 256 valence electrons. The van der Waals surface area contributed by atoms with Crippen molar-refractivity contribution >= 4 is 47.0 Å². The van der Waals surface area contributed by atoms with Crippen molar-refractivity contribution in [3.05, 3.63) is 0 Å². The molecule has 0 rings (SSSR count). The Balaban J connectivity index is -0.000000242. The lowest BCUT2D eigenvalue weighted by Crippen LogP contribution is -2.15. The highest BCUT2D eigenvalue weighted by molar-refractivity contribution is 5.96. The molecule has 0 aromatic heterocycles. The lowest BCUT2D eigenvalue weighted by Gasteiger charge is -2.15. The Morgan fingerprint density at radius 3 is 0.500 bits per heavy atom. The maximum absolute atomic E-state index is 10.9. The van der Waals surface area contributed by atoms with E-state index in [4.69, 9.17) is 20.4 Å². The molecule has 12 heteroatoms. The molecular weight excluding hydrogens is 576 g/mol. The minimum Gasteiger partial charge on any atom is -0.481 e. The fourth-order valence-electron chi connectivity index (χ4n) is 3.29. The van der Waals surface area contributed by atoms with Crippen molar-refractivity contribution in [3.63, 3.8) is 0 Å². The van der Waals surface area contributed by atoms with Gasteiger partial charge in [-0.15, -0.1) is 0 Å². The fraction of sp³-hybridized carbons (Fsp3) is 0.750. The van der Waals surface area contributed by atoms with E-state index in [0.717, 1.165) is 0 Å². The molecule has 0 amide bonds.